The summed E-state index contributed by atoms with van der Waals surface area (Å²) in [6, 6.07) is 3.34. The molecule has 3 saturated heterocycles. The van der Waals surface area contributed by atoms with E-state index < -0.39 is 54.1 Å². The first-order valence-corrected chi connectivity index (χ1v) is 25.4. The molecule has 5 unspecified atom stereocenters. The molecule has 1 aromatic rings. The lowest BCUT2D eigenvalue weighted by molar-refractivity contribution is -0.155. The van der Waals surface area contributed by atoms with Crippen molar-refractivity contribution in [3.05, 3.63) is 29.3 Å². The molecule has 3 fully saturated rings. The number of nitrogens with two attached hydrogens (primary N) is 1. The molecule has 0 bridgehead atoms. The summed E-state index contributed by atoms with van der Waals surface area (Å²) in [6.07, 6.45) is 3.86. The third-order valence-electron chi connectivity index (χ3n) is 13.7. The number of likely N-dealkylation sites (tertiary alicyclic amines) is 1. The molecule has 74 heavy (non-hydrogen) atoms. The molecular weight excluding hydrogens is 969 g/mol. The summed E-state index contributed by atoms with van der Waals surface area (Å²) in [6.45, 7) is 10.8. The number of amides is 6. The molecule has 0 spiro atoms. The Balaban J connectivity index is 0.000000309. The highest BCUT2D eigenvalue weighted by molar-refractivity contribution is 6.08. The summed E-state index contributed by atoms with van der Waals surface area (Å²) in [7, 11) is 0. The molecule has 0 aromatic heterocycles. The summed E-state index contributed by atoms with van der Waals surface area (Å²) in [5.41, 5.74) is 7.62. The number of esters is 1. The van der Waals surface area contributed by atoms with Crippen LogP contribution in [0.5, 0.6) is 0 Å². The van der Waals surface area contributed by atoms with Gasteiger partial charge in [-0.1, -0.05) is 38.5 Å². The molecule has 1 aromatic carbocycles. The third-order valence-corrected chi connectivity index (χ3v) is 13.7. The minimum absolute atomic E-state index is 0.0562. The van der Waals surface area contributed by atoms with E-state index in [1.165, 1.54) is 4.90 Å². The van der Waals surface area contributed by atoms with Crippen LogP contribution in [0, 0.1) is 11.8 Å². The smallest absolute Gasteiger partial charge is 0.317 e. The highest BCUT2D eigenvalue weighted by atomic mass is 16.6. The Bertz CT molecular complexity index is 2080. The number of piperidine rings is 1. The van der Waals surface area contributed by atoms with E-state index in [1.54, 1.807) is 0 Å². The summed E-state index contributed by atoms with van der Waals surface area (Å²) in [5, 5.41) is 46.2. The number of carbonyl (C=O) groups is 10. The predicted molar refractivity (Wildman–Crippen MR) is 266 cm³/mol. The van der Waals surface area contributed by atoms with Gasteiger partial charge in [0.1, 0.15) is 18.1 Å². The van der Waals surface area contributed by atoms with Crippen LogP contribution in [-0.2, 0) is 65.5 Å². The van der Waals surface area contributed by atoms with E-state index in [2.05, 4.69) is 31.1 Å². The van der Waals surface area contributed by atoms with Gasteiger partial charge < -0.3 is 57.1 Å². The molecule has 5 aliphatic heterocycles. The van der Waals surface area contributed by atoms with Gasteiger partial charge in [0.2, 0.25) is 41.7 Å². The first kappa shape index (κ1) is 60.3. The minimum Gasteiger partial charge on any atom is -0.483 e. The van der Waals surface area contributed by atoms with Crippen molar-refractivity contribution in [1.82, 2.24) is 40.9 Å². The van der Waals surface area contributed by atoms with E-state index in [1.807, 2.05) is 41.8 Å². The molecule has 5 atom stereocenters. The van der Waals surface area contributed by atoms with Crippen molar-refractivity contribution in [2.75, 3.05) is 96.5 Å². The van der Waals surface area contributed by atoms with Crippen molar-refractivity contribution >= 4 is 65.5 Å². The number of rotatable bonds is 21. The van der Waals surface area contributed by atoms with E-state index in [0.29, 0.717) is 77.3 Å². The van der Waals surface area contributed by atoms with Gasteiger partial charge in [-0.15, -0.1) is 0 Å². The molecule has 6 amide bonds. The minimum atomic E-state index is -1.40. The van der Waals surface area contributed by atoms with E-state index in [4.69, 9.17) is 20.4 Å². The molecule has 412 valence electrons. The predicted octanol–water partition coefficient (Wildman–Crippen LogP) is -2.06. The maximum Gasteiger partial charge on any atom is 0.317 e. The molecule has 0 radical (unpaired) electrons. The van der Waals surface area contributed by atoms with Crippen molar-refractivity contribution in [2.45, 2.75) is 109 Å². The van der Waals surface area contributed by atoms with Crippen molar-refractivity contribution in [2.24, 2.45) is 17.6 Å². The monoisotopic (exact) mass is 1040 g/mol. The van der Waals surface area contributed by atoms with Crippen molar-refractivity contribution in [1.29, 1.82) is 0 Å². The second kappa shape index (κ2) is 30.8. The van der Waals surface area contributed by atoms with Crippen LogP contribution in [0.15, 0.2) is 18.2 Å². The number of cyclic esters (lactones) is 1. The lowest BCUT2D eigenvalue weighted by Gasteiger charge is -2.35. The highest BCUT2D eigenvalue weighted by Crippen LogP contribution is 2.39. The van der Waals surface area contributed by atoms with Gasteiger partial charge in [0.25, 0.3) is 6.47 Å². The molecule has 6 rings (SSSR count). The average molecular weight is 1050 g/mol. The van der Waals surface area contributed by atoms with Crippen LogP contribution in [0.2, 0.25) is 0 Å². The number of carboxylic acid groups (broad SMARTS) is 3. The first-order valence-electron chi connectivity index (χ1n) is 25.4. The summed E-state index contributed by atoms with van der Waals surface area (Å²) >= 11 is 0. The molecule has 5 heterocycles. The first-order chi connectivity index (χ1) is 35.3. The number of nitrogens with zero attached hydrogens (tertiary/aromatic N) is 5. The fraction of sp³-hybridized carbons (Fsp3) is 0.673. The summed E-state index contributed by atoms with van der Waals surface area (Å²) in [5.74, 6) is -3.34. The number of nitrogens with one attached hydrogen (secondary N) is 4. The zero-order valence-corrected chi connectivity index (χ0v) is 42.5. The number of aliphatic hydroxyl groups is 1. The Hall–Kier alpha value is -6.28. The number of carboxylic acids is 2. The Morgan fingerprint density at radius 3 is 1.92 bits per heavy atom. The number of hydrogen-bond donors (Lipinski definition) is 9. The summed E-state index contributed by atoms with van der Waals surface area (Å²) in [4.78, 5) is 126. The number of ether oxygens (including phenoxy) is 1. The fourth-order valence-electron chi connectivity index (χ4n) is 9.54. The van der Waals surface area contributed by atoms with E-state index in [9.17, 15) is 58.5 Å². The van der Waals surface area contributed by atoms with Crippen LogP contribution in [0.25, 0.3) is 0 Å². The quantitative estimate of drug-likeness (QED) is 0.0363. The Morgan fingerprint density at radius 2 is 1.35 bits per heavy atom. The molecule has 5 aliphatic rings. The zero-order chi connectivity index (χ0) is 54.3. The number of hydrogen-bond acceptors (Lipinski definition) is 16. The van der Waals surface area contributed by atoms with Crippen molar-refractivity contribution in [3.63, 3.8) is 0 Å². The SMILES string of the molecule is CCC(C)CC(=O)NC1CCc2cccc3c2N(C1=O)C(C(=O)NC1CC(=O)OC1O)C3.NC(=O)CCNC(=O)CCCNC(=O)CN1CCC(CN2CCN(CC(=O)O)CCN(CC(=O)O)CC2)CC1.O=CO. The van der Waals surface area contributed by atoms with E-state index in [-0.39, 0.29) is 74.9 Å². The highest BCUT2D eigenvalue weighted by Gasteiger charge is 2.45. The number of benzene rings is 1. The van der Waals surface area contributed by atoms with E-state index in [0.717, 1.165) is 68.8 Å². The van der Waals surface area contributed by atoms with Crippen LogP contribution in [0.1, 0.15) is 82.8 Å². The number of para-hydroxylation sites is 1. The topological polar surface area (TPSA) is 351 Å². The number of carbonyl (C=O) groups excluding carboxylic acids is 7. The van der Waals surface area contributed by atoms with Crippen LogP contribution in [0.4, 0.5) is 5.69 Å². The molecule has 0 saturated carbocycles. The zero-order valence-electron chi connectivity index (χ0n) is 42.5. The van der Waals surface area contributed by atoms with Gasteiger partial charge in [0.05, 0.1) is 31.7 Å². The Kier molecular flexibility index (Phi) is 25.1. The van der Waals surface area contributed by atoms with Crippen LogP contribution in [0.3, 0.4) is 0 Å². The Morgan fingerprint density at radius 1 is 0.770 bits per heavy atom. The largest absolute Gasteiger partial charge is 0.483 e. The normalized spacial score (nSPS) is 22.0. The van der Waals surface area contributed by atoms with Gasteiger partial charge in [-0.05, 0) is 68.2 Å². The van der Waals surface area contributed by atoms with Crippen LogP contribution in [-0.4, -0.2) is 216 Å². The summed E-state index contributed by atoms with van der Waals surface area (Å²) < 4.78 is 4.70. The number of aliphatic hydroxyl groups excluding tert-OH is 1. The van der Waals surface area contributed by atoms with Gasteiger partial charge in [0.15, 0.2) is 0 Å². The second-order valence-corrected chi connectivity index (χ2v) is 19.4. The Labute approximate surface area is 430 Å². The number of anilines is 1. The average Bonchev–Trinajstić information content (AvgIpc) is 3.87. The van der Waals surface area contributed by atoms with Gasteiger partial charge >= 0.3 is 17.9 Å². The molecule has 25 nitrogen and oxygen atoms in total. The molecule has 0 aliphatic carbocycles. The molecule has 25 heteroatoms. The maximum absolute atomic E-state index is 13.5. The van der Waals surface area contributed by atoms with Crippen molar-refractivity contribution < 1.29 is 73.1 Å². The maximum atomic E-state index is 13.5. The fourth-order valence-corrected chi connectivity index (χ4v) is 9.54. The lowest BCUT2D eigenvalue weighted by Crippen LogP contribution is -2.56. The lowest BCUT2D eigenvalue weighted by atomic mass is 9.96. The van der Waals surface area contributed by atoms with Gasteiger partial charge in [-0.3, -0.25) is 67.5 Å². The number of aliphatic carboxylic acids is 2. The van der Waals surface area contributed by atoms with Gasteiger partial charge in [-0.2, -0.15) is 0 Å². The second-order valence-electron chi connectivity index (χ2n) is 19.4. The van der Waals surface area contributed by atoms with Gasteiger partial charge in [0, 0.05) is 84.6 Å². The van der Waals surface area contributed by atoms with Gasteiger partial charge in [-0.25, -0.2) is 0 Å². The molecular formula is C49H76N10O15. The van der Waals surface area contributed by atoms with E-state index >= 15 is 0 Å². The number of aryl methyl sites for hydroxylation is 1. The van der Waals surface area contributed by atoms with Crippen LogP contribution >= 0.6 is 0 Å². The third kappa shape index (κ3) is 20.2. The van der Waals surface area contributed by atoms with Crippen molar-refractivity contribution in [3.8, 4) is 0 Å². The van der Waals surface area contributed by atoms with Crippen LogP contribution < -0.4 is 31.9 Å². The number of primary amides is 1. The standard InChI is InChI=1S/C25H45N7O7.C23H29N3O6.CH2O2/c26-21(33)3-7-28-22(34)2-1-6-27-23(35)17-29-8-4-20(5-9-29)16-30-10-12-31(18-24(36)37)14-15-32(13-11-30)19-25(38)39;1-3-12(2)9-18(27)24-15-8-7-13-5-4-6-14-10-17(26(20(13)14)22(15)30)21(29)25-16-11-19(28)32-23(16)31;2-1-3/h20H,1-19H2,(H2,26,33)(H,27,35)(H,28,34)(H,36,37)(H,38,39);4-6,12,15-17,23,31H,3,7-11H2,1-2H3,(H,24,27)(H,25,29);1H,(H,2,3). The molecule has 10 N–H and O–H groups in total.